The van der Waals surface area contributed by atoms with E-state index in [1.807, 2.05) is 31.3 Å². The molecule has 0 amide bonds. The van der Waals surface area contributed by atoms with Crippen molar-refractivity contribution in [3.8, 4) is 29.0 Å². The summed E-state index contributed by atoms with van der Waals surface area (Å²) in [7, 11) is 5.00. The van der Waals surface area contributed by atoms with Gasteiger partial charge in [-0.1, -0.05) is 0 Å². The zero-order chi connectivity index (χ0) is 14.0. The number of nitriles is 1. The maximum Gasteiger partial charge on any atom is 0.173 e. The highest BCUT2D eigenvalue weighted by Crippen LogP contribution is 2.33. The van der Waals surface area contributed by atoms with Crippen LogP contribution in [-0.4, -0.2) is 23.8 Å². The van der Waals surface area contributed by atoms with Crippen LogP contribution in [0.4, 0.5) is 0 Å². The van der Waals surface area contributed by atoms with E-state index in [1.165, 1.54) is 0 Å². The first-order valence-electron chi connectivity index (χ1n) is 5.47. The number of halogens is 1. The van der Waals surface area contributed by atoms with Crippen LogP contribution >= 0.6 is 15.9 Å². The quantitative estimate of drug-likeness (QED) is 0.872. The molecule has 98 valence electrons. The molecule has 0 aliphatic rings. The Balaban J connectivity index is 2.57. The average Bonchev–Trinajstić information content (AvgIpc) is 2.74. The Morgan fingerprint density at radius 2 is 1.95 bits per heavy atom. The third-order valence-electron chi connectivity index (χ3n) is 2.77. The Morgan fingerprint density at radius 1 is 1.26 bits per heavy atom. The number of hydrogen-bond donors (Lipinski definition) is 0. The van der Waals surface area contributed by atoms with Gasteiger partial charge >= 0.3 is 0 Å². The minimum absolute atomic E-state index is 0.354. The Labute approximate surface area is 119 Å². The lowest BCUT2D eigenvalue weighted by atomic mass is 10.2. The monoisotopic (exact) mass is 321 g/mol. The van der Waals surface area contributed by atoms with Crippen molar-refractivity contribution in [3.63, 3.8) is 0 Å². The van der Waals surface area contributed by atoms with E-state index in [1.54, 1.807) is 18.8 Å². The van der Waals surface area contributed by atoms with Gasteiger partial charge in [0.05, 0.1) is 14.2 Å². The molecular formula is C13H12BrN3O2. The van der Waals surface area contributed by atoms with Gasteiger partial charge in [0.2, 0.25) is 0 Å². The van der Waals surface area contributed by atoms with Gasteiger partial charge in [-0.3, -0.25) is 0 Å². The zero-order valence-corrected chi connectivity index (χ0v) is 12.4. The summed E-state index contributed by atoms with van der Waals surface area (Å²) in [4.78, 5) is 4.29. The number of aromatic nitrogens is 2. The first-order chi connectivity index (χ1) is 9.12. The molecule has 0 unspecified atom stereocenters. The minimum Gasteiger partial charge on any atom is -0.493 e. The van der Waals surface area contributed by atoms with Crippen molar-refractivity contribution in [2.75, 3.05) is 14.2 Å². The summed E-state index contributed by atoms with van der Waals surface area (Å²) < 4.78 is 12.9. The van der Waals surface area contributed by atoms with E-state index >= 15 is 0 Å². The van der Waals surface area contributed by atoms with Crippen molar-refractivity contribution in [3.05, 3.63) is 28.5 Å². The highest BCUT2D eigenvalue weighted by Gasteiger charge is 2.15. The first kappa shape index (κ1) is 13.4. The predicted octanol–water partition coefficient (Wildman–Crippen LogP) is 2.74. The number of ether oxygens (including phenoxy) is 2. The highest BCUT2D eigenvalue weighted by molar-refractivity contribution is 9.10. The second-order valence-electron chi connectivity index (χ2n) is 3.82. The predicted molar refractivity (Wildman–Crippen MR) is 74.2 cm³/mol. The smallest absolute Gasteiger partial charge is 0.173 e. The van der Waals surface area contributed by atoms with Crippen LogP contribution in [-0.2, 0) is 7.05 Å². The molecule has 0 N–H and O–H groups in total. The average molecular weight is 322 g/mol. The van der Waals surface area contributed by atoms with Gasteiger partial charge < -0.3 is 14.0 Å². The van der Waals surface area contributed by atoms with Gasteiger partial charge in [0.1, 0.15) is 16.5 Å². The molecule has 0 fully saturated rings. The summed E-state index contributed by atoms with van der Waals surface area (Å²) in [6.45, 7) is 0. The third-order valence-corrected chi connectivity index (χ3v) is 3.68. The molecule has 1 aromatic heterocycles. The van der Waals surface area contributed by atoms with Gasteiger partial charge in [0.15, 0.2) is 17.2 Å². The fourth-order valence-corrected chi connectivity index (χ4v) is 2.13. The third kappa shape index (κ3) is 2.29. The fraction of sp³-hybridized carbons (Fsp3) is 0.231. The number of methoxy groups -OCH3 is 2. The topological polar surface area (TPSA) is 60.1 Å². The molecule has 0 bridgehead atoms. The Kier molecular flexibility index (Phi) is 3.76. The Bertz CT molecular complexity index is 659. The van der Waals surface area contributed by atoms with E-state index < -0.39 is 0 Å². The van der Waals surface area contributed by atoms with Crippen molar-refractivity contribution >= 4 is 15.9 Å². The SMILES string of the molecule is COc1ccc(-c2nc(C#N)c(Br)n2C)cc1OC. The second kappa shape index (κ2) is 5.33. The summed E-state index contributed by atoms with van der Waals surface area (Å²) in [5.74, 6) is 1.96. The first-order valence-corrected chi connectivity index (χ1v) is 6.26. The van der Waals surface area contributed by atoms with E-state index in [2.05, 4.69) is 20.9 Å². The lowest BCUT2D eigenvalue weighted by Crippen LogP contribution is -1.95. The zero-order valence-electron chi connectivity index (χ0n) is 10.8. The fourth-order valence-electron chi connectivity index (χ4n) is 1.78. The highest BCUT2D eigenvalue weighted by atomic mass is 79.9. The summed E-state index contributed by atoms with van der Waals surface area (Å²) in [6, 6.07) is 7.55. The molecule has 19 heavy (non-hydrogen) atoms. The molecule has 1 aromatic carbocycles. The number of hydrogen-bond acceptors (Lipinski definition) is 4. The normalized spacial score (nSPS) is 10.1. The van der Waals surface area contributed by atoms with Crippen LogP contribution in [0.1, 0.15) is 5.69 Å². The van der Waals surface area contributed by atoms with E-state index in [-0.39, 0.29) is 0 Å². The summed E-state index contributed by atoms with van der Waals surface area (Å²) >= 11 is 3.34. The van der Waals surface area contributed by atoms with Crippen LogP contribution in [0.25, 0.3) is 11.4 Å². The molecule has 0 saturated heterocycles. The summed E-state index contributed by atoms with van der Waals surface area (Å²) in [6.07, 6.45) is 0. The summed E-state index contributed by atoms with van der Waals surface area (Å²) in [5, 5.41) is 8.99. The lowest BCUT2D eigenvalue weighted by molar-refractivity contribution is 0.355. The maximum absolute atomic E-state index is 8.99. The molecule has 0 radical (unpaired) electrons. The molecule has 2 rings (SSSR count). The van der Waals surface area contributed by atoms with Crippen LogP contribution in [0.15, 0.2) is 22.8 Å². The van der Waals surface area contributed by atoms with Crippen molar-refractivity contribution < 1.29 is 9.47 Å². The molecule has 0 saturated carbocycles. The van der Waals surface area contributed by atoms with Crippen LogP contribution in [0, 0.1) is 11.3 Å². The lowest BCUT2D eigenvalue weighted by Gasteiger charge is -2.09. The van der Waals surface area contributed by atoms with Gasteiger partial charge in [-0.2, -0.15) is 5.26 Å². The second-order valence-corrected chi connectivity index (χ2v) is 4.57. The van der Waals surface area contributed by atoms with Gasteiger partial charge in [0.25, 0.3) is 0 Å². The molecule has 0 aliphatic carbocycles. The van der Waals surface area contributed by atoms with Gasteiger partial charge in [0, 0.05) is 12.6 Å². The number of benzene rings is 1. The van der Waals surface area contributed by atoms with Crippen molar-refractivity contribution in [1.29, 1.82) is 5.26 Å². The van der Waals surface area contributed by atoms with Gasteiger partial charge in [-0.25, -0.2) is 4.98 Å². The molecule has 0 atom stereocenters. The molecule has 0 spiro atoms. The van der Waals surface area contributed by atoms with E-state index in [0.717, 1.165) is 5.56 Å². The standard InChI is InChI=1S/C13H12BrN3O2/c1-17-12(14)9(7-15)16-13(17)8-4-5-10(18-2)11(6-8)19-3/h4-6H,1-3H3. The maximum atomic E-state index is 8.99. The van der Waals surface area contributed by atoms with Crippen LogP contribution in [0.3, 0.4) is 0 Å². The molecule has 0 aliphatic heterocycles. The Morgan fingerprint density at radius 3 is 2.47 bits per heavy atom. The van der Waals surface area contributed by atoms with E-state index in [0.29, 0.717) is 27.6 Å². The number of rotatable bonds is 3. The van der Waals surface area contributed by atoms with Crippen molar-refractivity contribution in [2.45, 2.75) is 0 Å². The van der Waals surface area contributed by atoms with Crippen LogP contribution in [0.5, 0.6) is 11.5 Å². The molecule has 1 heterocycles. The van der Waals surface area contributed by atoms with E-state index in [4.69, 9.17) is 14.7 Å². The van der Waals surface area contributed by atoms with Gasteiger partial charge in [-0.05, 0) is 34.1 Å². The largest absolute Gasteiger partial charge is 0.493 e. The van der Waals surface area contributed by atoms with E-state index in [9.17, 15) is 0 Å². The Hall–Kier alpha value is -2.00. The van der Waals surface area contributed by atoms with Crippen molar-refractivity contribution in [1.82, 2.24) is 9.55 Å². The number of imidazole rings is 1. The number of nitrogens with zero attached hydrogens (tertiary/aromatic N) is 3. The van der Waals surface area contributed by atoms with Gasteiger partial charge in [-0.15, -0.1) is 0 Å². The molecule has 2 aromatic rings. The molecule has 6 heteroatoms. The molecular weight excluding hydrogens is 310 g/mol. The van der Waals surface area contributed by atoms with Crippen molar-refractivity contribution in [2.24, 2.45) is 7.05 Å². The molecule has 5 nitrogen and oxygen atoms in total. The summed E-state index contributed by atoms with van der Waals surface area (Å²) in [5.41, 5.74) is 1.20. The minimum atomic E-state index is 0.354. The van der Waals surface area contributed by atoms with Crippen LogP contribution < -0.4 is 9.47 Å². The van der Waals surface area contributed by atoms with Crippen LogP contribution in [0.2, 0.25) is 0 Å².